The Morgan fingerprint density at radius 2 is 1.86 bits per heavy atom. The van der Waals surface area contributed by atoms with Crippen molar-refractivity contribution in [2.24, 2.45) is 0 Å². The highest BCUT2D eigenvalue weighted by Crippen LogP contribution is 2.41. The molecule has 7 nitrogen and oxygen atoms in total. The van der Waals surface area contributed by atoms with Crippen molar-refractivity contribution >= 4 is 12.3 Å². The van der Waals surface area contributed by atoms with Crippen molar-refractivity contribution < 1.29 is 28.9 Å². The molecule has 1 heterocycles. The summed E-state index contributed by atoms with van der Waals surface area (Å²) in [7, 11) is 0. The molecule has 1 aromatic heterocycles. The number of aryl methyl sites for hydroxylation is 1. The highest BCUT2D eigenvalue weighted by Gasteiger charge is 2.23. The maximum Gasteiger partial charge on any atom is 0.515 e. The number of hydrogen-bond acceptors (Lipinski definition) is 5. The summed E-state index contributed by atoms with van der Waals surface area (Å²) in [4.78, 5) is 25.2. The van der Waals surface area contributed by atoms with Crippen LogP contribution in [0, 0.1) is 6.92 Å². The predicted octanol–water partition coefficient (Wildman–Crippen LogP) is 3.58. The van der Waals surface area contributed by atoms with Crippen molar-refractivity contribution in [2.45, 2.75) is 13.8 Å². The van der Waals surface area contributed by atoms with Crippen molar-refractivity contribution in [3.63, 3.8) is 0 Å². The first-order chi connectivity index (χ1) is 10.5. The third kappa shape index (κ3) is 3.38. The lowest BCUT2D eigenvalue weighted by Gasteiger charge is -2.07. The molecular weight excluding hydrogens is 290 g/mol. The highest BCUT2D eigenvalue weighted by molar-refractivity contribution is 5.82. The molecule has 2 N–H and O–H groups in total. The molecule has 0 spiro atoms. The van der Waals surface area contributed by atoms with Crippen LogP contribution < -0.4 is 9.47 Å². The monoisotopic (exact) mass is 305 g/mol. The molecule has 0 fully saturated rings. The molecule has 0 unspecified atom stereocenters. The van der Waals surface area contributed by atoms with Crippen LogP contribution in [0.25, 0.3) is 11.1 Å². The molecule has 22 heavy (non-hydrogen) atoms. The van der Waals surface area contributed by atoms with Crippen LogP contribution in [0.5, 0.6) is 11.6 Å². The van der Waals surface area contributed by atoms with Crippen LogP contribution in [0.4, 0.5) is 9.59 Å². The molecule has 2 aromatic rings. The van der Waals surface area contributed by atoms with Gasteiger partial charge in [-0.2, -0.15) is 0 Å². The summed E-state index contributed by atoms with van der Waals surface area (Å²) in [6, 6.07) is 8.85. The minimum atomic E-state index is -1.46. The van der Waals surface area contributed by atoms with E-state index in [9.17, 15) is 9.59 Å². The van der Waals surface area contributed by atoms with Crippen molar-refractivity contribution in [1.82, 2.24) is 4.98 Å². The first-order valence-electron chi connectivity index (χ1n) is 6.56. The van der Waals surface area contributed by atoms with Gasteiger partial charge in [-0.1, -0.05) is 30.3 Å². The Hall–Kier alpha value is -2.96. The fraction of sp³-hybridized carbons (Fsp3) is 0.200. The third-order valence-electron chi connectivity index (χ3n) is 2.80. The van der Waals surface area contributed by atoms with E-state index in [2.05, 4.69) is 4.98 Å². The summed E-state index contributed by atoms with van der Waals surface area (Å²) in [6.45, 7) is 3.43. The van der Waals surface area contributed by atoms with Gasteiger partial charge in [-0.05, 0) is 19.4 Å². The molecule has 1 aromatic carbocycles. The Bertz CT molecular complexity index is 677. The number of carbonyl (C=O) groups is 2. The standard InChI is InChI=1S/C15H15NO6/c1-3-20-15(19)22-13-11(10-7-5-4-6-8-10)12(9(2)16-13)21-14(17)18/h4-8,16H,3H2,1-2H3,(H,17,18). The summed E-state index contributed by atoms with van der Waals surface area (Å²) in [5.74, 6) is 0.149. The van der Waals surface area contributed by atoms with Crippen molar-refractivity contribution in [3.8, 4) is 22.8 Å². The van der Waals surface area contributed by atoms with E-state index in [0.717, 1.165) is 0 Å². The van der Waals surface area contributed by atoms with Gasteiger partial charge in [0.25, 0.3) is 0 Å². The van der Waals surface area contributed by atoms with Crippen LogP contribution in [-0.4, -0.2) is 29.0 Å². The second-order valence-corrected chi connectivity index (χ2v) is 4.30. The quantitative estimate of drug-likeness (QED) is 0.838. The Morgan fingerprint density at radius 1 is 1.18 bits per heavy atom. The van der Waals surface area contributed by atoms with Crippen molar-refractivity contribution in [1.29, 1.82) is 0 Å². The second kappa shape index (κ2) is 6.66. The maximum absolute atomic E-state index is 11.5. The number of hydrogen-bond donors (Lipinski definition) is 2. The number of nitrogens with one attached hydrogen (secondary N) is 1. The van der Waals surface area contributed by atoms with Crippen LogP contribution in [-0.2, 0) is 4.74 Å². The van der Waals surface area contributed by atoms with Gasteiger partial charge in [-0.25, -0.2) is 9.59 Å². The van der Waals surface area contributed by atoms with Gasteiger partial charge in [0.15, 0.2) is 5.75 Å². The van der Waals surface area contributed by atoms with Gasteiger partial charge < -0.3 is 24.3 Å². The Kier molecular flexibility index (Phi) is 4.67. The summed E-state index contributed by atoms with van der Waals surface area (Å²) >= 11 is 0. The Morgan fingerprint density at radius 3 is 2.45 bits per heavy atom. The van der Waals surface area contributed by atoms with Gasteiger partial charge in [0.1, 0.15) is 0 Å². The lowest BCUT2D eigenvalue weighted by Crippen LogP contribution is -2.11. The minimum absolute atomic E-state index is 0.0680. The van der Waals surface area contributed by atoms with Crippen molar-refractivity contribution in [2.75, 3.05) is 6.61 Å². The zero-order valence-electron chi connectivity index (χ0n) is 12.1. The van der Waals surface area contributed by atoms with Crippen LogP contribution in [0.2, 0.25) is 0 Å². The molecule has 0 radical (unpaired) electrons. The van der Waals surface area contributed by atoms with E-state index in [1.165, 1.54) is 0 Å². The SMILES string of the molecule is CCOC(=O)Oc1[nH]c(C)c(OC(=O)O)c1-c1ccccc1. The molecule has 0 amide bonds. The van der Waals surface area contributed by atoms with Gasteiger partial charge in [-0.3, -0.25) is 0 Å². The molecular formula is C15H15NO6. The zero-order valence-corrected chi connectivity index (χ0v) is 12.1. The van der Waals surface area contributed by atoms with Crippen molar-refractivity contribution in [3.05, 3.63) is 36.0 Å². The molecule has 0 atom stereocenters. The highest BCUT2D eigenvalue weighted by atomic mass is 16.7. The number of ether oxygens (including phenoxy) is 3. The van der Waals surface area contributed by atoms with Crippen LogP contribution in [0.1, 0.15) is 12.6 Å². The normalized spacial score (nSPS) is 10.1. The molecule has 0 saturated heterocycles. The molecule has 0 aliphatic rings. The Balaban J connectivity index is 2.49. The van der Waals surface area contributed by atoms with Gasteiger partial charge in [0, 0.05) is 0 Å². The predicted molar refractivity (Wildman–Crippen MR) is 77.3 cm³/mol. The first kappa shape index (κ1) is 15.4. The van der Waals surface area contributed by atoms with E-state index in [1.54, 1.807) is 38.1 Å². The van der Waals surface area contributed by atoms with Gasteiger partial charge in [-0.15, -0.1) is 0 Å². The molecule has 0 saturated carbocycles. The summed E-state index contributed by atoms with van der Waals surface area (Å²) in [6.07, 6.45) is -2.34. The van der Waals surface area contributed by atoms with E-state index in [4.69, 9.17) is 19.3 Å². The number of carboxylic acid groups (broad SMARTS) is 1. The third-order valence-corrected chi connectivity index (χ3v) is 2.80. The lowest BCUT2D eigenvalue weighted by molar-refractivity contribution is 0.103. The summed E-state index contributed by atoms with van der Waals surface area (Å²) in [5, 5.41) is 8.87. The fourth-order valence-electron chi connectivity index (χ4n) is 1.97. The molecule has 0 aliphatic carbocycles. The molecule has 2 rings (SSSR count). The van der Waals surface area contributed by atoms with E-state index < -0.39 is 12.3 Å². The fourth-order valence-corrected chi connectivity index (χ4v) is 1.97. The average Bonchev–Trinajstić information content (AvgIpc) is 2.75. The zero-order chi connectivity index (χ0) is 16.1. The number of rotatable bonds is 4. The summed E-state index contributed by atoms with van der Waals surface area (Å²) in [5.41, 5.74) is 1.40. The summed E-state index contributed by atoms with van der Waals surface area (Å²) < 4.78 is 14.6. The molecule has 7 heteroatoms. The number of aromatic amines is 1. The molecule has 0 bridgehead atoms. The topological polar surface area (TPSA) is 97.9 Å². The molecule has 116 valence electrons. The van der Waals surface area contributed by atoms with E-state index >= 15 is 0 Å². The lowest BCUT2D eigenvalue weighted by atomic mass is 10.1. The Labute approximate surface area is 126 Å². The molecule has 0 aliphatic heterocycles. The van der Waals surface area contributed by atoms with Crippen LogP contribution in [0.3, 0.4) is 0 Å². The number of benzene rings is 1. The van der Waals surface area contributed by atoms with E-state index in [1.807, 2.05) is 6.07 Å². The minimum Gasteiger partial charge on any atom is -0.449 e. The smallest absolute Gasteiger partial charge is 0.449 e. The van der Waals surface area contributed by atoms with Crippen LogP contribution in [0.15, 0.2) is 30.3 Å². The van der Waals surface area contributed by atoms with E-state index in [0.29, 0.717) is 16.8 Å². The number of carbonyl (C=O) groups excluding carboxylic acids is 1. The van der Waals surface area contributed by atoms with Gasteiger partial charge in [0.05, 0.1) is 17.9 Å². The maximum atomic E-state index is 11.5. The van der Waals surface area contributed by atoms with Crippen LogP contribution >= 0.6 is 0 Å². The largest absolute Gasteiger partial charge is 0.515 e. The number of H-pyrrole nitrogens is 1. The van der Waals surface area contributed by atoms with Gasteiger partial charge in [0.2, 0.25) is 5.88 Å². The first-order valence-corrected chi connectivity index (χ1v) is 6.56. The van der Waals surface area contributed by atoms with Gasteiger partial charge >= 0.3 is 12.3 Å². The number of aromatic nitrogens is 1. The second-order valence-electron chi connectivity index (χ2n) is 4.30. The van der Waals surface area contributed by atoms with E-state index in [-0.39, 0.29) is 18.2 Å². The average molecular weight is 305 g/mol.